The fourth-order valence-corrected chi connectivity index (χ4v) is 3.94. The Labute approximate surface area is 169 Å². The van der Waals surface area contributed by atoms with Gasteiger partial charge in [-0.15, -0.1) is 0 Å². The van der Waals surface area contributed by atoms with Gasteiger partial charge < -0.3 is 14.5 Å². The maximum absolute atomic E-state index is 12.8. The third kappa shape index (κ3) is 4.34. The zero-order valence-corrected chi connectivity index (χ0v) is 16.5. The molecule has 1 aliphatic carbocycles. The Bertz CT molecular complexity index is 1060. The zero-order chi connectivity index (χ0) is 20.2. The number of carbonyl (C=O) groups is 1. The lowest BCUT2D eigenvalue weighted by Crippen LogP contribution is -2.43. The summed E-state index contributed by atoms with van der Waals surface area (Å²) in [5.41, 5.74) is 1.69. The van der Waals surface area contributed by atoms with E-state index in [1.54, 1.807) is 18.2 Å². The topological polar surface area (TPSA) is 68.5 Å². The Kier molecular flexibility index (Phi) is 5.65. The van der Waals surface area contributed by atoms with Crippen molar-refractivity contribution in [1.82, 2.24) is 5.32 Å². The smallest absolute Gasteiger partial charge is 0.258 e. The van der Waals surface area contributed by atoms with E-state index in [4.69, 9.17) is 9.15 Å². The first-order valence-electron chi connectivity index (χ1n) is 10.1. The number of rotatable bonds is 5. The maximum atomic E-state index is 12.8. The number of fused-ring (bicyclic) bond motifs is 1. The summed E-state index contributed by atoms with van der Waals surface area (Å²) in [4.78, 5) is 25.0. The molecule has 0 bridgehead atoms. The van der Waals surface area contributed by atoms with Crippen LogP contribution in [0, 0.1) is 5.92 Å². The number of nitrogens with one attached hydrogen (secondary N) is 1. The molecule has 1 amide bonds. The standard InChI is InChI=1S/C24H25NO4/c1-16-7-5-6-10-21(16)25-23(26)15-28-18-11-12-19-22(13-18)29-14-20(24(19)27)17-8-3-2-4-9-17/h2-4,8-9,11-14,16,21H,5-7,10,15H2,1H3,(H,25,26)/t16-,21+/m0/s1. The Morgan fingerprint density at radius 1 is 1.14 bits per heavy atom. The predicted molar refractivity (Wildman–Crippen MR) is 113 cm³/mol. The van der Waals surface area contributed by atoms with Crippen molar-refractivity contribution in [2.75, 3.05) is 6.61 Å². The molecular weight excluding hydrogens is 366 g/mol. The molecular formula is C24H25NO4. The summed E-state index contributed by atoms with van der Waals surface area (Å²) in [5, 5.41) is 3.56. The van der Waals surface area contributed by atoms with Crippen LogP contribution in [0.5, 0.6) is 5.75 Å². The normalized spacial score (nSPS) is 19.1. The second-order valence-corrected chi connectivity index (χ2v) is 7.73. The van der Waals surface area contributed by atoms with Gasteiger partial charge in [0.15, 0.2) is 12.0 Å². The van der Waals surface area contributed by atoms with Gasteiger partial charge in [-0.25, -0.2) is 0 Å². The SMILES string of the molecule is C[C@H]1CCCC[C@H]1NC(=O)COc1ccc2c(=O)c(-c3ccccc3)coc2c1. The number of hydrogen-bond donors (Lipinski definition) is 1. The number of carbonyl (C=O) groups excluding carboxylic acids is 1. The first-order chi connectivity index (χ1) is 14.1. The van der Waals surface area contributed by atoms with Gasteiger partial charge in [0.05, 0.1) is 10.9 Å². The third-order valence-corrected chi connectivity index (χ3v) is 5.66. The molecule has 1 saturated carbocycles. The van der Waals surface area contributed by atoms with Crippen LogP contribution < -0.4 is 15.5 Å². The molecule has 1 N–H and O–H groups in total. The summed E-state index contributed by atoms with van der Waals surface area (Å²) in [6.45, 7) is 2.13. The van der Waals surface area contributed by atoms with Gasteiger partial charge in [0.25, 0.3) is 5.91 Å². The van der Waals surface area contributed by atoms with Crippen molar-refractivity contribution in [2.45, 2.75) is 38.6 Å². The minimum Gasteiger partial charge on any atom is -0.484 e. The van der Waals surface area contributed by atoms with E-state index in [0.717, 1.165) is 24.8 Å². The highest BCUT2D eigenvalue weighted by Crippen LogP contribution is 2.24. The Morgan fingerprint density at radius 3 is 2.72 bits per heavy atom. The van der Waals surface area contributed by atoms with Gasteiger partial charge in [0.2, 0.25) is 0 Å². The number of amides is 1. The molecule has 0 unspecified atom stereocenters. The average molecular weight is 391 g/mol. The molecule has 5 nitrogen and oxygen atoms in total. The fraction of sp³-hybridized carbons (Fsp3) is 0.333. The highest BCUT2D eigenvalue weighted by atomic mass is 16.5. The van der Waals surface area contributed by atoms with Gasteiger partial charge in [-0.1, -0.05) is 50.1 Å². The first-order valence-corrected chi connectivity index (χ1v) is 10.1. The summed E-state index contributed by atoms with van der Waals surface area (Å²) >= 11 is 0. The summed E-state index contributed by atoms with van der Waals surface area (Å²) in [5.74, 6) is 0.881. The van der Waals surface area contributed by atoms with Gasteiger partial charge in [0, 0.05) is 12.1 Å². The minimum atomic E-state index is -0.121. The van der Waals surface area contributed by atoms with Crippen molar-refractivity contribution < 1.29 is 13.9 Å². The molecule has 0 radical (unpaired) electrons. The van der Waals surface area contributed by atoms with E-state index in [1.807, 2.05) is 30.3 Å². The molecule has 5 heteroatoms. The lowest BCUT2D eigenvalue weighted by Gasteiger charge is -2.29. The summed E-state index contributed by atoms with van der Waals surface area (Å²) in [6, 6.07) is 14.7. The maximum Gasteiger partial charge on any atom is 0.258 e. The Morgan fingerprint density at radius 2 is 1.93 bits per heavy atom. The molecule has 1 heterocycles. The van der Waals surface area contributed by atoms with Crippen LogP contribution in [0.2, 0.25) is 0 Å². The van der Waals surface area contributed by atoms with E-state index >= 15 is 0 Å². The molecule has 2 atom stereocenters. The molecule has 29 heavy (non-hydrogen) atoms. The molecule has 0 spiro atoms. The van der Waals surface area contributed by atoms with E-state index in [-0.39, 0.29) is 24.0 Å². The molecule has 1 aromatic heterocycles. The van der Waals surface area contributed by atoms with Crippen LogP contribution in [-0.4, -0.2) is 18.6 Å². The van der Waals surface area contributed by atoms with Crippen molar-refractivity contribution in [3.8, 4) is 16.9 Å². The largest absolute Gasteiger partial charge is 0.484 e. The molecule has 1 fully saturated rings. The van der Waals surface area contributed by atoms with Crippen LogP contribution in [-0.2, 0) is 4.79 Å². The van der Waals surface area contributed by atoms with Crippen molar-refractivity contribution in [2.24, 2.45) is 5.92 Å². The van der Waals surface area contributed by atoms with E-state index in [2.05, 4.69) is 12.2 Å². The van der Waals surface area contributed by atoms with Crippen LogP contribution in [0.1, 0.15) is 32.6 Å². The monoisotopic (exact) mass is 391 g/mol. The minimum absolute atomic E-state index is 0.0545. The van der Waals surface area contributed by atoms with Crippen molar-refractivity contribution >= 4 is 16.9 Å². The van der Waals surface area contributed by atoms with Crippen molar-refractivity contribution in [3.63, 3.8) is 0 Å². The quantitative estimate of drug-likeness (QED) is 0.694. The average Bonchev–Trinajstić information content (AvgIpc) is 2.75. The lowest BCUT2D eigenvalue weighted by molar-refractivity contribution is -0.124. The highest BCUT2D eigenvalue weighted by Gasteiger charge is 2.22. The van der Waals surface area contributed by atoms with Crippen LogP contribution >= 0.6 is 0 Å². The molecule has 150 valence electrons. The van der Waals surface area contributed by atoms with E-state index in [0.29, 0.717) is 28.2 Å². The van der Waals surface area contributed by atoms with Crippen molar-refractivity contribution in [3.05, 3.63) is 65.0 Å². The van der Waals surface area contributed by atoms with Crippen LogP contribution in [0.4, 0.5) is 0 Å². The van der Waals surface area contributed by atoms with Gasteiger partial charge in [-0.2, -0.15) is 0 Å². The first kappa shape index (κ1) is 19.2. The predicted octanol–water partition coefficient (Wildman–Crippen LogP) is 4.53. The van der Waals surface area contributed by atoms with Crippen LogP contribution in [0.3, 0.4) is 0 Å². The van der Waals surface area contributed by atoms with E-state index in [9.17, 15) is 9.59 Å². The Hall–Kier alpha value is -3.08. The Balaban J connectivity index is 1.45. The van der Waals surface area contributed by atoms with E-state index < -0.39 is 0 Å². The molecule has 0 aliphatic heterocycles. The van der Waals surface area contributed by atoms with E-state index in [1.165, 1.54) is 12.7 Å². The molecule has 3 aromatic rings. The molecule has 1 aliphatic rings. The fourth-order valence-electron chi connectivity index (χ4n) is 3.94. The third-order valence-electron chi connectivity index (χ3n) is 5.66. The number of benzene rings is 2. The van der Waals surface area contributed by atoms with Gasteiger partial charge in [-0.3, -0.25) is 9.59 Å². The molecule has 2 aromatic carbocycles. The second kappa shape index (κ2) is 8.52. The van der Waals surface area contributed by atoms with Gasteiger partial charge >= 0.3 is 0 Å². The van der Waals surface area contributed by atoms with Gasteiger partial charge in [0.1, 0.15) is 17.6 Å². The molecule has 4 rings (SSSR count). The van der Waals surface area contributed by atoms with Crippen LogP contribution in [0.25, 0.3) is 22.1 Å². The van der Waals surface area contributed by atoms with Gasteiger partial charge in [-0.05, 0) is 36.5 Å². The van der Waals surface area contributed by atoms with Crippen LogP contribution in [0.15, 0.2) is 64.0 Å². The number of ether oxygens (including phenoxy) is 1. The summed E-state index contributed by atoms with van der Waals surface area (Å²) in [6.07, 6.45) is 6.04. The van der Waals surface area contributed by atoms with Crippen molar-refractivity contribution in [1.29, 1.82) is 0 Å². The second-order valence-electron chi connectivity index (χ2n) is 7.73. The highest BCUT2D eigenvalue weighted by molar-refractivity contribution is 5.83. The number of hydrogen-bond acceptors (Lipinski definition) is 4. The molecule has 0 saturated heterocycles. The lowest BCUT2D eigenvalue weighted by atomic mass is 9.86. The zero-order valence-electron chi connectivity index (χ0n) is 16.5. The summed E-state index contributed by atoms with van der Waals surface area (Å²) < 4.78 is 11.3. The summed E-state index contributed by atoms with van der Waals surface area (Å²) in [7, 11) is 0.